The molecule has 2 fully saturated rings. The van der Waals surface area contributed by atoms with Gasteiger partial charge in [0.25, 0.3) is 5.91 Å². The highest BCUT2D eigenvalue weighted by Gasteiger charge is 2.35. The molecule has 1 aromatic heterocycles. The molecule has 2 aliphatic rings. The summed E-state index contributed by atoms with van der Waals surface area (Å²) in [6.07, 6.45) is 3.16. The van der Waals surface area contributed by atoms with E-state index >= 15 is 0 Å². The van der Waals surface area contributed by atoms with Crippen LogP contribution in [0.1, 0.15) is 25.3 Å². The SMILES string of the molecule is C[C@@H]1CN(c2ccc(C#N)c3ncccc23)C[C@H](C(=O)N2CCC(N(C)C)CC2)O1. The van der Waals surface area contributed by atoms with E-state index < -0.39 is 6.10 Å². The number of nitriles is 1. The van der Waals surface area contributed by atoms with Crippen LogP contribution in [0.25, 0.3) is 10.9 Å². The van der Waals surface area contributed by atoms with E-state index in [9.17, 15) is 10.1 Å². The second-order valence-corrected chi connectivity index (χ2v) is 8.50. The Balaban J connectivity index is 1.54. The van der Waals surface area contributed by atoms with Gasteiger partial charge in [-0.1, -0.05) is 0 Å². The Morgan fingerprint density at radius 2 is 2.00 bits per heavy atom. The monoisotopic (exact) mass is 407 g/mol. The van der Waals surface area contributed by atoms with Gasteiger partial charge in [-0.05, 0) is 58.1 Å². The number of ether oxygens (including phenoxy) is 1. The molecule has 0 spiro atoms. The van der Waals surface area contributed by atoms with Crippen molar-refractivity contribution in [1.82, 2.24) is 14.8 Å². The lowest BCUT2D eigenvalue weighted by Gasteiger charge is -2.41. The van der Waals surface area contributed by atoms with E-state index in [0.717, 1.165) is 37.0 Å². The van der Waals surface area contributed by atoms with Crippen LogP contribution in [0.15, 0.2) is 30.5 Å². The van der Waals surface area contributed by atoms with Gasteiger partial charge >= 0.3 is 0 Å². The topological polar surface area (TPSA) is 72.7 Å². The Bertz CT molecular complexity index is 962. The molecule has 30 heavy (non-hydrogen) atoms. The Hall–Kier alpha value is -2.69. The summed E-state index contributed by atoms with van der Waals surface area (Å²) < 4.78 is 6.07. The fourth-order valence-corrected chi connectivity index (χ4v) is 4.61. The maximum atomic E-state index is 13.2. The number of anilines is 1. The van der Waals surface area contributed by atoms with Crippen LogP contribution < -0.4 is 4.90 Å². The molecule has 0 aliphatic carbocycles. The molecule has 0 bridgehead atoms. The number of nitrogens with zero attached hydrogens (tertiary/aromatic N) is 5. The van der Waals surface area contributed by atoms with E-state index in [4.69, 9.17) is 4.74 Å². The van der Waals surface area contributed by atoms with Crippen LogP contribution in [0.4, 0.5) is 5.69 Å². The molecule has 0 saturated carbocycles. The van der Waals surface area contributed by atoms with Gasteiger partial charge in [-0.25, -0.2) is 0 Å². The van der Waals surface area contributed by atoms with E-state index in [1.165, 1.54) is 0 Å². The average Bonchev–Trinajstić information content (AvgIpc) is 2.77. The maximum absolute atomic E-state index is 13.2. The number of morpholine rings is 1. The van der Waals surface area contributed by atoms with Crippen LogP contribution in [0.5, 0.6) is 0 Å². The van der Waals surface area contributed by atoms with Crippen LogP contribution in [0.2, 0.25) is 0 Å². The number of likely N-dealkylation sites (tertiary alicyclic amines) is 1. The lowest BCUT2D eigenvalue weighted by molar-refractivity contribution is -0.149. The zero-order valence-corrected chi connectivity index (χ0v) is 17.9. The Kier molecular flexibility index (Phi) is 5.89. The summed E-state index contributed by atoms with van der Waals surface area (Å²) in [4.78, 5) is 24.0. The molecule has 2 atom stereocenters. The Morgan fingerprint density at radius 3 is 2.70 bits per heavy atom. The van der Waals surface area contributed by atoms with E-state index in [1.807, 2.05) is 36.1 Å². The highest BCUT2D eigenvalue weighted by atomic mass is 16.5. The third kappa shape index (κ3) is 3.98. The van der Waals surface area contributed by atoms with E-state index in [0.29, 0.717) is 30.2 Å². The number of hydrogen-bond acceptors (Lipinski definition) is 6. The van der Waals surface area contributed by atoms with E-state index in [2.05, 4.69) is 34.9 Å². The quantitative estimate of drug-likeness (QED) is 0.777. The molecular weight excluding hydrogens is 378 g/mol. The molecule has 0 radical (unpaired) electrons. The molecular formula is C23H29N5O2. The number of carbonyl (C=O) groups is 1. The molecule has 3 heterocycles. The average molecular weight is 408 g/mol. The molecule has 2 aromatic rings. The summed E-state index contributed by atoms with van der Waals surface area (Å²) in [6, 6.07) is 10.4. The second kappa shape index (κ2) is 8.58. The van der Waals surface area contributed by atoms with Crippen molar-refractivity contribution < 1.29 is 9.53 Å². The zero-order valence-electron chi connectivity index (χ0n) is 17.9. The number of rotatable bonds is 3. The van der Waals surface area contributed by atoms with Crippen molar-refractivity contribution in [2.45, 2.75) is 38.0 Å². The maximum Gasteiger partial charge on any atom is 0.253 e. The molecule has 0 N–H and O–H groups in total. The van der Waals surface area contributed by atoms with Gasteiger partial charge in [-0.15, -0.1) is 0 Å². The van der Waals surface area contributed by atoms with Crippen molar-refractivity contribution >= 4 is 22.5 Å². The lowest BCUT2D eigenvalue weighted by Crippen LogP contribution is -2.55. The van der Waals surface area contributed by atoms with Crippen molar-refractivity contribution in [3.8, 4) is 6.07 Å². The van der Waals surface area contributed by atoms with Gasteiger partial charge in [0.1, 0.15) is 6.07 Å². The first-order valence-corrected chi connectivity index (χ1v) is 10.6. The number of carbonyl (C=O) groups excluding carboxylic acids is 1. The minimum Gasteiger partial charge on any atom is -0.365 e. The molecule has 4 rings (SSSR count). The normalized spacial score (nSPS) is 23.0. The lowest BCUT2D eigenvalue weighted by atomic mass is 10.0. The minimum atomic E-state index is -0.480. The van der Waals surface area contributed by atoms with Gasteiger partial charge in [0.15, 0.2) is 6.10 Å². The molecule has 2 saturated heterocycles. The fourth-order valence-electron chi connectivity index (χ4n) is 4.61. The predicted molar refractivity (Wildman–Crippen MR) is 116 cm³/mol. The summed E-state index contributed by atoms with van der Waals surface area (Å²) in [6.45, 7) is 4.77. The molecule has 1 amide bonds. The number of pyridine rings is 1. The van der Waals surface area contributed by atoms with Crippen LogP contribution >= 0.6 is 0 Å². The van der Waals surface area contributed by atoms with Crippen LogP contribution in [0, 0.1) is 11.3 Å². The number of piperidine rings is 1. The summed E-state index contributed by atoms with van der Waals surface area (Å²) in [5.41, 5.74) is 2.26. The van der Waals surface area contributed by atoms with Crippen molar-refractivity contribution in [3.05, 3.63) is 36.0 Å². The first kappa shape index (κ1) is 20.6. The van der Waals surface area contributed by atoms with Crippen molar-refractivity contribution in [1.29, 1.82) is 5.26 Å². The van der Waals surface area contributed by atoms with Crippen LogP contribution in [-0.2, 0) is 9.53 Å². The van der Waals surface area contributed by atoms with Crippen molar-refractivity contribution in [2.75, 3.05) is 45.2 Å². The summed E-state index contributed by atoms with van der Waals surface area (Å²) in [5, 5.41) is 10.3. The van der Waals surface area contributed by atoms with Crippen molar-refractivity contribution in [2.24, 2.45) is 0 Å². The van der Waals surface area contributed by atoms with Gasteiger partial charge in [0.05, 0.1) is 23.7 Å². The summed E-state index contributed by atoms with van der Waals surface area (Å²) in [7, 11) is 4.20. The second-order valence-electron chi connectivity index (χ2n) is 8.50. The summed E-state index contributed by atoms with van der Waals surface area (Å²) >= 11 is 0. The number of fused-ring (bicyclic) bond motifs is 1. The number of hydrogen-bond donors (Lipinski definition) is 0. The molecule has 158 valence electrons. The highest BCUT2D eigenvalue weighted by molar-refractivity contribution is 5.95. The molecule has 7 heteroatoms. The minimum absolute atomic E-state index is 0.0608. The zero-order chi connectivity index (χ0) is 21.3. The Morgan fingerprint density at radius 1 is 1.23 bits per heavy atom. The predicted octanol–water partition coefficient (Wildman–Crippen LogP) is 2.25. The molecule has 0 unspecified atom stereocenters. The van der Waals surface area contributed by atoms with E-state index in [-0.39, 0.29) is 12.0 Å². The standard InChI is InChI=1S/C23H29N5O2/c1-16-14-28(20-7-6-17(13-24)22-19(20)5-4-10-25-22)15-21(30-16)23(29)27-11-8-18(9-12-27)26(2)3/h4-7,10,16,18,21H,8-9,11-12,14-15H2,1-3H3/t16-,21-/m1/s1. The molecule has 1 aromatic carbocycles. The highest BCUT2D eigenvalue weighted by Crippen LogP contribution is 2.30. The van der Waals surface area contributed by atoms with Crippen molar-refractivity contribution in [3.63, 3.8) is 0 Å². The smallest absolute Gasteiger partial charge is 0.253 e. The van der Waals surface area contributed by atoms with Gasteiger partial charge in [-0.3, -0.25) is 9.78 Å². The van der Waals surface area contributed by atoms with Crippen LogP contribution in [0.3, 0.4) is 0 Å². The fraction of sp³-hybridized carbons (Fsp3) is 0.522. The first-order valence-electron chi connectivity index (χ1n) is 10.6. The van der Waals surface area contributed by atoms with Gasteiger partial charge in [0, 0.05) is 42.9 Å². The third-order valence-electron chi connectivity index (χ3n) is 6.25. The molecule has 2 aliphatic heterocycles. The van der Waals surface area contributed by atoms with Crippen LogP contribution in [-0.4, -0.2) is 79.2 Å². The number of amides is 1. The number of aromatic nitrogens is 1. The molecule has 7 nitrogen and oxygen atoms in total. The van der Waals surface area contributed by atoms with Gasteiger partial charge in [-0.2, -0.15) is 5.26 Å². The largest absolute Gasteiger partial charge is 0.365 e. The first-order chi connectivity index (χ1) is 14.5. The Labute approximate surface area is 177 Å². The third-order valence-corrected chi connectivity index (χ3v) is 6.25. The number of benzene rings is 1. The van der Waals surface area contributed by atoms with Gasteiger partial charge in [0.2, 0.25) is 0 Å². The van der Waals surface area contributed by atoms with Gasteiger partial charge < -0.3 is 19.4 Å². The van der Waals surface area contributed by atoms with E-state index in [1.54, 1.807) is 6.20 Å². The summed E-state index contributed by atoms with van der Waals surface area (Å²) in [5.74, 6) is 0.0832.